The van der Waals surface area contributed by atoms with E-state index in [9.17, 15) is 4.79 Å². The molecule has 0 saturated carbocycles. The summed E-state index contributed by atoms with van der Waals surface area (Å²) in [7, 11) is 1.92. The molecule has 0 amide bonds. The zero-order chi connectivity index (χ0) is 15.2. The zero-order valence-corrected chi connectivity index (χ0v) is 12.0. The number of aromatic nitrogens is 2. The highest BCUT2D eigenvalue weighted by molar-refractivity contribution is 5.85. The van der Waals surface area contributed by atoms with Crippen molar-refractivity contribution in [3.8, 4) is 0 Å². The predicted octanol–water partition coefficient (Wildman–Crippen LogP) is 2.52. The first-order valence-corrected chi connectivity index (χ1v) is 6.54. The van der Waals surface area contributed by atoms with E-state index in [0.29, 0.717) is 18.1 Å². The van der Waals surface area contributed by atoms with E-state index >= 15 is 0 Å². The fourth-order valence-corrected chi connectivity index (χ4v) is 1.94. The van der Waals surface area contributed by atoms with E-state index < -0.39 is 5.97 Å². The van der Waals surface area contributed by atoms with Gasteiger partial charge in [0.25, 0.3) is 0 Å². The Balaban J connectivity index is 2.06. The van der Waals surface area contributed by atoms with Gasteiger partial charge < -0.3 is 10.0 Å². The molecule has 0 saturated heterocycles. The largest absolute Gasteiger partial charge is 0.478 e. The molecule has 1 N–H and O–H groups in total. The highest BCUT2D eigenvalue weighted by atomic mass is 16.4. The molecule has 2 aromatic rings. The fourth-order valence-electron chi connectivity index (χ4n) is 1.94. The molecule has 1 heterocycles. The lowest BCUT2D eigenvalue weighted by Gasteiger charge is -2.17. The Morgan fingerprint density at radius 3 is 2.67 bits per heavy atom. The molecule has 5 nitrogen and oxygen atoms in total. The highest BCUT2D eigenvalue weighted by Crippen LogP contribution is 2.12. The Morgan fingerprint density at radius 1 is 1.33 bits per heavy atom. The molecule has 1 aromatic heterocycles. The SMILES string of the molecule is Cc1cccc(CN(C)c2ncc(/C=C/C(=O)O)cn2)c1. The maximum atomic E-state index is 10.4. The van der Waals surface area contributed by atoms with Gasteiger partial charge in [-0.1, -0.05) is 29.8 Å². The lowest BCUT2D eigenvalue weighted by Crippen LogP contribution is -2.19. The molecular weight excluding hydrogens is 266 g/mol. The van der Waals surface area contributed by atoms with Gasteiger partial charge in [0.1, 0.15) is 0 Å². The van der Waals surface area contributed by atoms with Crippen molar-refractivity contribution < 1.29 is 9.90 Å². The van der Waals surface area contributed by atoms with Crippen molar-refractivity contribution in [1.29, 1.82) is 0 Å². The monoisotopic (exact) mass is 283 g/mol. The number of hydrogen-bond donors (Lipinski definition) is 1. The minimum atomic E-state index is -0.990. The molecule has 0 aliphatic carbocycles. The van der Waals surface area contributed by atoms with Crippen LogP contribution >= 0.6 is 0 Å². The minimum Gasteiger partial charge on any atom is -0.478 e. The zero-order valence-electron chi connectivity index (χ0n) is 12.0. The van der Waals surface area contributed by atoms with Gasteiger partial charge in [-0.2, -0.15) is 0 Å². The molecule has 0 radical (unpaired) electrons. The lowest BCUT2D eigenvalue weighted by atomic mass is 10.1. The van der Waals surface area contributed by atoms with E-state index in [2.05, 4.69) is 35.1 Å². The van der Waals surface area contributed by atoms with Gasteiger partial charge in [0.05, 0.1) is 0 Å². The molecule has 108 valence electrons. The second kappa shape index (κ2) is 6.65. The number of hydrogen-bond acceptors (Lipinski definition) is 4. The number of aliphatic carboxylic acids is 1. The van der Waals surface area contributed by atoms with Crippen molar-refractivity contribution in [3.63, 3.8) is 0 Å². The van der Waals surface area contributed by atoms with Gasteiger partial charge in [-0.3, -0.25) is 0 Å². The first-order chi connectivity index (χ1) is 10.0. The number of anilines is 1. The number of carboxylic acids is 1. The second-order valence-corrected chi connectivity index (χ2v) is 4.83. The van der Waals surface area contributed by atoms with Crippen LogP contribution in [0.25, 0.3) is 6.08 Å². The van der Waals surface area contributed by atoms with Gasteiger partial charge in [0.15, 0.2) is 0 Å². The molecule has 2 rings (SSSR count). The number of aryl methyl sites for hydroxylation is 1. The lowest BCUT2D eigenvalue weighted by molar-refractivity contribution is -0.131. The third kappa shape index (κ3) is 4.42. The number of nitrogens with zero attached hydrogens (tertiary/aromatic N) is 3. The average molecular weight is 283 g/mol. The van der Waals surface area contributed by atoms with Crippen LogP contribution < -0.4 is 4.90 Å². The molecule has 0 bridgehead atoms. The van der Waals surface area contributed by atoms with Crippen molar-refractivity contribution in [2.24, 2.45) is 0 Å². The molecule has 0 spiro atoms. The molecule has 0 unspecified atom stereocenters. The van der Waals surface area contributed by atoms with E-state index in [0.717, 1.165) is 6.08 Å². The number of rotatable bonds is 5. The average Bonchev–Trinajstić information content (AvgIpc) is 2.45. The Hall–Kier alpha value is -2.69. The van der Waals surface area contributed by atoms with E-state index in [1.165, 1.54) is 17.2 Å². The fraction of sp³-hybridized carbons (Fsp3) is 0.188. The van der Waals surface area contributed by atoms with Crippen LogP contribution in [-0.4, -0.2) is 28.1 Å². The van der Waals surface area contributed by atoms with Gasteiger partial charge in [-0.15, -0.1) is 0 Å². The third-order valence-corrected chi connectivity index (χ3v) is 2.92. The third-order valence-electron chi connectivity index (χ3n) is 2.92. The Morgan fingerprint density at radius 2 is 2.05 bits per heavy atom. The highest BCUT2D eigenvalue weighted by Gasteiger charge is 2.05. The van der Waals surface area contributed by atoms with Gasteiger partial charge in [-0.05, 0) is 18.6 Å². The van der Waals surface area contributed by atoms with Crippen LogP contribution in [0.2, 0.25) is 0 Å². The van der Waals surface area contributed by atoms with Crippen LogP contribution in [0.3, 0.4) is 0 Å². The van der Waals surface area contributed by atoms with Gasteiger partial charge >= 0.3 is 5.97 Å². The van der Waals surface area contributed by atoms with Crippen LogP contribution in [0.15, 0.2) is 42.7 Å². The van der Waals surface area contributed by atoms with Crippen LogP contribution in [0, 0.1) is 6.92 Å². The van der Waals surface area contributed by atoms with Gasteiger partial charge in [0, 0.05) is 37.6 Å². The summed E-state index contributed by atoms with van der Waals surface area (Å²) >= 11 is 0. The number of benzene rings is 1. The van der Waals surface area contributed by atoms with Crippen molar-refractivity contribution >= 4 is 18.0 Å². The van der Waals surface area contributed by atoms with Crippen molar-refractivity contribution in [1.82, 2.24) is 9.97 Å². The Kier molecular flexibility index (Phi) is 4.66. The van der Waals surface area contributed by atoms with Crippen LogP contribution in [0.1, 0.15) is 16.7 Å². The van der Waals surface area contributed by atoms with Crippen molar-refractivity contribution in [2.45, 2.75) is 13.5 Å². The van der Waals surface area contributed by atoms with Gasteiger partial charge in [0.2, 0.25) is 5.95 Å². The minimum absolute atomic E-state index is 0.601. The Labute approximate surface area is 123 Å². The van der Waals surface area contributed by atoms with Crippen LogP contribution in [0.5, 0.6) is 0 Å². The molecular formula is C16H17N3O2. The molecule has 0 aliphatic rings. The first kappa shape index (κ1) is 14.7. The van der Waals surface area contributed by atoms with Crippen LogP contribution in [0.4, 0.5) is 5.95 Å². The second-order valence-electron chi connectivity index (χ2n) is 4.83. The Bertz CT molecular complexity index is 651. The van der Waals surface area contributed by atoms with E-state index in [1.54, 1.807) is 12.4 Å². The van der Waals surface area contributed by atoms with Gasteiger partial charge in [-0.25, -0.2) is 14.8 Å². The van der Waals surface area contributed by atoms with E-state index in [1.807, 2.05) is 18.0 Å². The molecule has 0 atom stereocenters. The van der Waals surface area contributed by atoms with Crippen molar-refractivity contribution in [3.05, 3.63) is 59.4 Å². The summed E-state index contributed by atoms with van der Waals surface area (Å²) < 4.78 is 0. The molecule has 21 heavy (non-hydrogen) atoms. The van der Waals surface area contributed by atoms with E-state index in [-0.39, 0.29) is 0 Å². The number of carboxylic acid groups (broad SMARTS) is 1. The summed E-state index contributed by atoms with van der Waals surface area (Å²) in [6, 6.07) is 8.27. The maximum Gasteiger partial charge on any atom is 0.328 e. The quantitative estimate of drug-likeness (QED) is 0.854. The molecule has 0 fully saturated rings. The standard InChI is InChI=1S/C16H17N3O2/c1-12-4-3-5-13(8-12)11-19(2)16-17-9-14(10-18-16)6-7-15(20)21/h3-10H,11H2,1-2H3,(H,20,21)/b7-6+. The number of carbonyl (C=O) groups is 1. The molecule has 0 aliphatic heterocycles. The normalized spacial score (nSPS) is 10.8. The van der Waals surface area contributed by atoms with Crippen LogP contribution in [-0.2, 0) is 11.3 Å². The first-order valence-electron chi connectivity index (χ1n) is 6.54. The summed E-state index contributed by atoms with van der Waals surface area (Å²) in [4.78, 5) is 20.9. The summed E-state index contributed by atoms with van der Waals surface area (Å²) in [5, 5.41) is 8.57. The predicted molar refractivity (Wildman–Crippen MR) is 82.0 cm³/mol. The molecule has 5 heteroatoms. The smallest absolute Gasteiger partial charge is 0.328 e. The van der Waals surface area contributed by atoms with E-state index in [4.69, 9.17) is 5.11 Å². The maximum absolute atomic E-state index is 10.4. The van der Waals surface area contributed by atoms with Crippen molar-refractivity contribution in [2.75, 3.05) is 11.9 Å². The summed E-state index contributed by atoms with van der Waals surface area (Å²) in [6.45, 7) is 2.77. The summed E-state index contributed by atoms with van der Waals surface area (Å²) in [5.74, 6) is -0.389. The summed E-state index contributed by atoms with van der Waals surface area (Å²) in [5.41, 5.74) is 3.07. The molecule has 1 aromatic carbocycles. The topological polar surface area (TPSA) is 66.3 Å². The summed E-state index contributed by atoms with van der Waals surface area (Å²) in [6.07, 6.45) is 5.74.